The molecule has 0 radical (unpaired) electrons. The second-order valence-corrected chi connectivity index (χ2v) is 11.6. The highest BCUT2D eigenvalue weighted by atomic mass is 32.2. The second kappa shape index (κ2) is 11.7. The van der Waals surface area contributed by atoms with E-state index in [1.54, 1.807) is 19.1 Å². The summed E-state index contributed by atoms with van der Waals surface area (Å²) < 4.78 is 38.2. The highest BCUT2D eigenvalue weighted by molar-refractivity contribution is 7.92. The van der Waals surface area contributed by atoms with Crippen molar-refractivity contribution in [1.82, 2.24) is 10.5 Å². The zero-order chi connectivity index (χ0) is 27.2. The number of nitrogens with one attached hydrogen (secondary N) is 3. The van der Waals surface area contributed by atoms with Crippen molar-refractivity contribution in [2.75, 3.05) is 16.6 Å². The molecule has 1 aromatic heterocycles. The van der Waals surface area contributed by atoms with E-state index < -0.39 is 15.4 Å². The van der Waals surface area contributed by atoms with Crippen molar-refractivity contribution in [3.8, 4) is 5.75 Å². The van der Waals surface area contributed by atoms with Gasteiger partial charge in [-0.3, -0.25) is 9.52 Å². The average molecular weight is 545 g/mol. The van der Waals surface area contributed by atoms with Crippen LogP contribution in [0.15, 0.2) is 57.9 Å². The molecule has 3 N–H and O–H groups in total. The van der Waals surface area contributed by atoms with Crippen LogP contribution < -0.4 is 20.1 Å². The normalized spacial score (nSPS) is 11.6. The SMILES string of the molecule is Cc1ccc(C)c(OCCCC(C)(C)C(=O)NC(=S)Nc2ccc(S(=O)(=O)Nc3cc(C)on3)cc2)c1. The fourth-order valence-electron chi connectivity index (χ4n) is 3.44. The number of hydrogen-bond acceptors (Lipinski definition) is 7. The van der Waals surface area contributed by atoms with Crippen molar-refractivity contribution >= 4 is 44.8 Å². The van der Waals surface area contributed by atoms with E-state index in [4.69, 9.17) is 21.5 Å². The number of amides is 1. The predicted molar refractivity (Wildman–Crippen MR) is 147 cm³/mol. The number of anilines is 2. The number of aromatic nitrogens is 1. The summed E-state index contributed by atoms with van der Waals surface area (Å²) in [4.78, 5) is 12.8. The lowest BCUT2D eigenvalue weighted by Crippen LogP contribution is -2.42. The van der Waals surface area contributed by atoms with E-state index in [-0.39, 0.29) is 21.7 Å². The van der Waals surface area contributed by atoms with Crippen LogP contribution >= 0.6 is 12.2 Å². The molecule has 0 unspecified atom stereocenters. The van der Waals surface area contributed by atoms with Crippen molar-refractivity contribution in [2.24, 2.45) is 5.41 Å². The molecular formula is C26H32N4O5S2. The van der Waals surface area contributed by atoms with E-state index in [0.717, 1.165) is 16.9 Å². The number of ether oxygens (including phenoxy) is 1. The van der Waals surface area contributed by atoms with Gasteiger partial charge in [-0.15, -0.1) is 0 Å². The molecule has 0 spiro atoms. The number of benzene rings is 2. The van der Waals surface area contributed by atoms with Gasteiger partial charge in [0.15, 0.2) is 10.9 Å². The Morgan fingerprint density at radius 2 is 1.78 bits per heavy atom. The maximum absolute atomic E-state index is 12.8. The first-order valence-electron chi connectivity index (χ1n) is 11.7. The number of hydrogen-bond donors (Lipinski definition) is 3. The monoisotopic (exact) mass is 544 g/mol. The van der Waals surface area contributed by atoms with E-state index in [1.165, 1.54) is 18.2 Å². The number of sulfonamides is 1. The third-order valence-corrected chi connectivity index (χ3v) is 7.25. The highest BCUT2D eigenvalue weighted by Crippen LogP contribution is 2.24. The lowest BCUT2D eigenvalue weighted by Gasteiger charge is -2.24. The lowest BCUT2D eigenvalue weighted by atomic mass is 9.87. The molecular weight excluding hydrogens is 512 g/mol. The maximum Gasteiger partial charge on any atom is 0.263 e. The van der Waals surface area contributed by atoms with Gasteiger partial charge in [-0.25, -0.2) is 8.42 Å². The molecule has 0 bridgehead atoms. The van der Waals surface area contributed by atoms with Crippen LogP contribution in [0.1, 0.15) is 43.6 Å². The van der Waals surface area contributed by atoms with Crippen LogP contribution in [0.2, 0.25) is 0 Å². The lowest BCUT2D eigenvalue weighted by molar-refractivity contribution is -0.128. The number of nitrogens with zero attached hydrogens (tertiary/aromatic N) is 1. The summed E-state index contributed by atoms with van der Waals surface area (Å²) in [6.07, 6.45) is 1.31. The van der Waals surface area contributed by atoms with Gasteiger partial charge in [-0.05, 0) is 87.3 Å². The van der Waals surface area contributed by atoms with Gasteiger partial charge in [0.25, 0.3) is 10.0 Å². The average Bonchev–Trinajstić information content (AvgIpc) is 3.22. The molecule has 2 aromatic carbocycles. The summed E-state index contributed by atoms with van der Waals surface area (Å²) in [7, 11) is -3.83. The Balaban J connectivity index is 1.48. The number of thiocarbonyl (C=S) groups is 1. The minimum absolute atomic E-state index is 0.0397. The number of carbonyl (C=O) groups excluding carboxylic acids is 1. The Bertz CT molecular complexity index is 1370. The van der Waals surface area contributed by atoms with Gasteiger partial charge in [0.2, 0.25) is 5.91 Å². The van der Waals surface area contributed by atoms with Crippen LogP contribution in [-0.4, -0.2) is 31.2 Å². The van der Waals surface area contributed by atoms with Crippen molar-refractivity contribution < 1.29 is 22.5 Å². The van der Waals surface area contributed by atoms with Crippen LogP contribution in [0.4, 0.5) is 11.5 Å². The van der Waals surface area contributed by atoms with Gasteiger partial charge in [0.1, 0.15) is 11.5 Å². The molecule has 9 nitrogen and oxygen atoms in total. The Hall–Kier alpha value is -3.44. The smallest absolute Gasteiger partial charge is 0.263 e. The number of aryl methyl sites for hydroxylation is 3. The Morgan fingerprint density at radius 3 is 2.43 bits per heavy atom. The second-order valence-electron chi connectivity index (χ2n) is 9.47. The molecule has 1 heterocycles. The van der Waals surface area contributed by atoms with Gasteiger partial charge in [0.05, 0.1) is 11.5 Å². The summed E-state index contributed by atoms with van der Waals surface area (Å²) in [5.41, 5.74) is 2.07. The molecule has 0 aliphatic rings. The van der Waals surface area contributed by atoms with Gasteiger partial charge in [0, 0.05) is 17.2 Å². The Morgan fingerprint density at radius 1 is 1.08 bits per heavy atom. The molecule has 198 valence electrons. The Labute approximate surface area is 223 Å². The number of carbonyl (C=O) groups is 1. The first-order valence-corrected chi connectivity index (χ1v) is 13.6. The van der Waals surface area contributed by atoms with Crippen molar-refractivity contribution in [3.05, 3.63) is 65.4 Å². The molecule has 0 atom stereocenters. The summed E-state index contributed by atoms with van der Waals surface area (Å²) in [6, 6.07) is 13.5. The molecule has 0 saturated heterocycles. The third kappa shape index (κ3) is 8.02. The van der Waals surface area contributed by atoms with Crippen LogP contribution in [0.25, 0.3) is 0 Å². The molecule has 1 amide bonds. The molecule has 3 rings (SSSR count). The van der Waals surface area contributed by atoms with Gasteiger partial charge in [-0.1, -0.05) is 31.1 Å². The van der Waals surface area contributed by atoms with Crippen LogP contribution in [0.3, 0.4) is 0 Å². The third-order valence-electron chi connectivity index (χ3n) is 5.68. The number of rotatable bonds is 10. The predicted octanol–water partition coefficient (Wildman–Crippen LogP) is 5.10. The molecule has 0 fully saturated rings. The first kappa shape index (κ1) is 28.1. The molecule has 11 heteroatoms. The molecule has 0 aliphatic carbocycles. The molecule has 37 heavy (non-hydrogen) atoms. The summed E-state index contributed by atoms with van der Waals surface area (Å²) in [5, 5.41) is 9.38. The van der Waals surface area contributed by atoms with E-state index in [1.807, 2.05) is 45.9 Å². The molecule has 0 saturated carbocycles. The van der Waals surface area contributed by atoms with Gasteiger partial charge in [-0.2, -0.15) is 0 Å². The molecule has 3 aromatic rings. The van der Waals surface area contributed by atoms with E-state index in [9.17, 15) is 13.2 Å². The zero-order valence-electron chi connectivity index (χ0n) is 21.5. The fraction of sp³-hybridized carbons (Fsp3) is 0.346. The zero-order valence-corrected chi connectivity index (χ0v) is 23.2. The highest BCUT2D eigenvalue weighted by Gasteiger charge is 2.28. The minimum atomic E-state index is -3.83. The Kier molecular flexibility index (Phi) is 8.93. The van der Waals surface area contributed by atoms with Gasteiger partial charge < -0.3 is 19.9 Å². The van der Waals surface area contributed by atoms with E-state index in [0.29, 0.717) is 30.9 Å². The summed E-state index contributed by atoms with van der Waals surface area (Å²) in [5.74, 6) is 1.23. The fourth-order valence-corrected chi connectivity index (χ4v) is 4.63. The van der Waals surface area contributed by atoms with Crippen molar-refractivity contribution in [1.29, 1.82) is 0 Å². The standard InChI is InChI=1S/C26H32N4O5S2/c1-17-7-8-18(2)22(15-17)34-14-6-13-26(4,5)24(31)28-25(36)27-20-9-11-21(12-10-20)37(32,33)30-23-16-19(3)35-29-23/h7-12,15-16H,6,13-14H2,1-5H3,(H,29,30)(H2,27,28,31,36). The van der Waals surface area contributed by atoms with Crippen LogP contribution in [-0.2, 0) is 14.8 Å². The van der Waals surface area contributed by atoms with Crippen molar-refractivity contribution in [3.63, 3.8) is 0 Å². The molecule has 0 aliphatic heterocycles. The summed E-state index contributed by atoms with van der Waals surface area (Å²) >= 11 is 5.29. The van der Waals surface area contributed by atoms with Crippen molar-refractivity contribution in [2.45, 2.75) is 52.4 Å². The van der Waals surface area contributed by atoms with E-state index >= 15 is 0 Å². The topological polar surface area (TPSA) is 123 Å². The largest absolute Gasteiger partial charge is 0.493 e. The quantitative estimate of drug-likeness (QED) is 0.238. The van der Waals surface area contributed by atoms with Crippen LogP contribution in [0.5, 0.6) is 5.75 Å². The first-order chi connectivity index (χ1) is 17.4. The maximum atomic E-state index is 12.8. The van der Waals surface area contributed by atoms with Crippen LogP contribution in [0, 0.1) is 26.2 Å². The van der Waals surface area contributed by atoms with Gasteiger partial charge >= 0.3 is 0 Å². The summed E-state index contributed by atoms with van der Waals surface area (Å²) in [6.45, 7) is 9.90. The minimum Gasteiger partial charge on any atom is -0.493 e. The van der Waals surface area contributed by atoms with E-state index in [2.05, 4.69) is 20.5 Å².